The predicted molar refractivity (Wildman–Crippen MR) is 126 cm³/mol. The number of hydrogen-bond donors (Lipinski definition) is 2. The lowest BCUT2D eigenvalue weighted by molar-refractivity contribution is 0.125. The Balaban J connectivity index is 1.77. The normalized spacial score (nSPS) is 11.7. The molecule has 2 heterocycles. The van der Waals surface area contributed by atoms with Gasteiger partial charge in [0.05, 0.1) is 17.6 Å². The van der Waals surface area contributed by atoms with Crippen LogP contribution in [0.2, 0.25) is 0 Å². The average Bonchev–Trinajstić information content (AvgIpc) is 3.15. The summed E-state index contributed by atoms with van der Waals surface area (Å²) in [6, 6.07) is 13.6. The quantitative estimate of drug-likeness (QED) is 0.405. The number of imidazole rings is 1. The maximum absolute atomic E-state index is 9.36. The molecule has 0 aliphatic rings. The van der Waals surface area contributed by atoms with Gasteiger partial charge in [0.15, 0.2) is 5.82 Å². The molecule has 168 valence electrons. The SMILES string of the molecule is CCOCc1nc2c(N)nc3ccc(OCc4cccc(CO)c4)cc3c2n1CC(C)C. The van der Waals surface area contributed by atoms with Crippen LogP contribution in [0.3, 0.4) is 0 Å². The molecule has 4 aromatic rings. The van der Waals surface area contributed by atoms with Gasteiger partial charge in [0.25, 0.3) is 0 Å². The minimum atomic E-state index is 0.0127. The average molecular weight is 435 g/mol. The molecule has 2 aromatic carbocycles. The third kappa shape index (κ3) is 4.54. The molecule has 0 aliphatic carbocycles. The number of aromatic nitrogens is 3. The third-order valence-corrected chi connectivity index (χ3v) is 5.32. The number of pyridine rings is 1. The topological polar surface area (TPSA) is 95.4 Å². The van der Waals surface area contributed by atoms with Crippen LogP contribution in [0.5, 0.6) is 5.75 Å². The first-order chi connectivity index (χ1) is 15.5. The standard InChI is InChI=1S/C25H30N4O3/c1-4-31-15-22-28-23-24(29(22)12-16(2)3)20-11-19(8-9-21(20)27-25(23)26)32-14-18-7-5-6-17(10-18)13-30/h5-11,16,30H,4,12-15H2,1-3H3,(H2,26,27). The molecule has 32 heavy (non-hydrogen) atoms. The summed E-state index contributed by atoms with van der Waals surface area (Å²) in [7, 11) is 0. The van der Waals surface area contributed by atoms with Gasteiger partial charge in [0, 0.05) is 18.5 Å². The van der Waals surface area contributed by atoms with Crippen molar-refractivity contribution in [3.63, 3.8) is 0 Å². The number of nitrogens with two attached hydrogens (primary N) is 1. The maximum atomic E-state index is 9.36. The Morgan fingerprint density at radius 1 is 1.06 bits per heavy atom. The van der Waals surface area contributed by atoms with E-state index < -0.39 is 0 Å². The van der Waals surface area contributed by atoms with E-state index in [1.165, 1.54) is 0 Å². The van der Waals surface area contributed by atoms with Crippen molar-refractivity contribution >= 4 is 27.8 Å². The van der Waals surface area contributed by atoms with Crippen LogP contribution in [0.25, 0.3) is 21.9 Å². The van der Waals surface area contributed by atoms with E-state index in [0.717, 1.165) is 45.7 Å². The van der Waals surface area contributed by atoms with Crippen molar-refractivity contribution in [3.8, 4) is 5.75 Å². The number of benzene rings is 2. The molecular weight excluding hydrogens is 404 g/mol. The third-order valence-electron chi connectivity index (χ3n) is 5.32. The molecule has 0 radical (unpaired) electrons. The largest absolute Gasteiger partial charge is 0.489 e. The van der Waals surface area contributed by atoms with E-state index >= 15 is 0 Å². The number of hydrogen-bond acceptors (Lipinski definition) is 6. The van der Waals surface area contributed by atoms with Gasteiger partial charge in [-0.05, 0) is 42.2 Å². The zero-order valence-electron chi connectivity index (χ0n) is 18.8. The molecule has 7 heteroatoms. The molecule has 3 N–H and O–H groups in total. The van der Waals surface area contributed by atoms with E-state index in [1.807, 2.05) is 49.4 Å². The molecule has 0 aliphatic heterocycles. The summed E-state index contributed by atoms with van der Waals surface area (Å²) < 4.78 is 13.9. The molecule has 0 amide bonds. The number of ether oxygens (including phenoxy) is 2. The van der Waals surface area contributed by atoms with Crippen molar-refractivity contribution < 1.29 is 14.6 Å². The van der Waals surface area contributed by atoms with Gasteiger partial charge in [-0.1, -0.05) is 38.1 Å². The Kier molecular flexibility index (Phi) is 6.58. The number of aliphatic hydroxyl groups is 1. The summed E-state index contributed by atoms with van der Waals surface area (Å²) in [6.07, 6.45) is 0. The summed E-state index contributed by atoms with van der Waals surface area (Å²) >= 11 is 0. The fourth-order valence-electron chi connectivity index (χ4n) is 3.88. The Labute approximate surface area is 187 Å². The van der Waals surface area contributed by atoms with Crippen molar-refractivity contribution in [2.75, 3.05) is 12.3 Å². The monoisotopic (exact) mass is 434 g/mol. The molecule has 0 fully saturated rings. The summed E-state index contributed by atoms with van der Waals surface area (Å²) in [5.74, 6) is 2.44. The summed E-state index contributed by atoms with van der Waals surface area (Å²) in [5, 5.41) is 10.3. The van der Waals surface area contributed by atoms with Crippen molar-refractivity contribution in [2.24, 2.45) is 5.92 Å². The lowest BCUT2D eigenvalue weighted by Gasteiger charge is -2.14. The highest BCUT2D eigenvalue weighted by Gasteiger charge is 2.18. The van der Waals surface area contributed by atoms with E-state index in [4.69, 9.17) is 20.2 Å². The van der Waals surface area contributed by atoms with E-state index in [1.54, 1.807) is 0 Å². The Morgan fingerprint density at radius 2 is 1.88 bits per heavy atom. The maximum Gasteiger partial charge on any atom is 0.152 e. The van der Waals surface area contributed by atoms with Gasteiger partial charge < -0.3 is 24.9 Å². The highest BCUT2D eigenvalue weighted by molar-refractivity contribution is 6.07. The van der Waals surface area contributed by atoms with Crippen LogP contribution in [0, 0.1) is 5.92 Å². The molecule has 0 saturated carbocycles. The van der Waals surface area contributed by atoms with Crippen molar-refractivity contribution in [1.82, 2.24) is 14.5 Å². The van der Waals surface area contributed by atoms with Crippen LogP contribution in [0.1, 0.15) is 37.7 Å². The van der Waals surface area contributed by atoms with Crippen LogP contribution < -0.4 is 10.5 Å². The highest BCUT2D eigenvalue weighted by atomic mass is 16.5. The number of fused-ring (bicyclic) bond motifs is 3. The number of anilines is 1. The Hall–Kier alpha value is -3.16. The number of aliphatic hydroxyl groups excluding tert-OH is 1. The van der Waals surface area contributed by atoms with Gasteiger partial charge >= 0.3 is 0 Å². The van der Waals surface area contributed by atoms with Gasteiger partial charge in [-0.25, -0.2) is 9.97 Å². The van der Waals surface area contributed by atoms with Gasteiger partial charge in [0.2, 0.25) is 0 Å². The molecule has 0 saturated heterocycles. The highest BCUT2D eigenvalue weighted by Crippen LogP contribution is 2.32. The molecule has 0 bridgehead atoms. The van der Waals surface area contributed by atoms with Crippen molar-refractivity contribution in [2.45, 2.75) is 47.1 Å². The minimum absolute atomic E-state index is 0.0127. The lowest BCUT2D eigenvalue weighted by Crippen LogP contribution is -2.10. The molecule has 0 atom stereocenters. The number of nitrogens with zero attached hydrogens (tertiary/aromatic N) is 3. The molecule has 0 spiro atoms. The van der Waals surface area contributed by atoms with Crippen LogP contribution in [0.15, 0.2) is 42.5 Å². The molecule has 7 nitrogen and oxygen atoms in total. The van der Waals surface area contributed by atoms with Gasteiger partial charge in [-0.2, -0.15) is 0 Å². The lowest BCUT2D eigenvalue weighted by atomic mass is 10.1. The first-order valence-electron chi connectivity index (χ1n) is 11.0. The molecule has 2 aromatic heterocycles. The second-order valence-electron chi connectivity index (χ2n) is 8.31. The molecule has 0 unspecified atom stereocenters. The van der Waals surface area contributed by atoms with Crippen LogP contribution in [0.4, 0.5) is 5.82 Å². The van der Waals surface area contributed by atoms with Gasteiger partial charge in [-0.15, -0.1) is 0 Å². The Bertz CT molecular complexity index is 1230. The smallest absolute Gasteiger partial charge is 0.152 e. The summed E-state index contributed by atoms with van der Waals surface area (Å²) in [4.78, 5) is 9.36. The number of rotatable bonds is 9. The van der Waals surface area contributed by atoms with Crippen LogP contribution >= 0.6 is 0 Å². The minimum Gasteiger partial charge on any atom is -0.489 e. The van der Waals surface area contributed by atoms with E-state index in [2.05, 4.69) is 23.4 Å². The predicted octanol–water partition coefficient (Wildman–Crippen LogP) is 4.43. The van der Waals surface area contributed by atoms with Crippen LogP contribution in [-0.4, -0.2) is 26.2 Å². The van der Waals surface area contributed by atoms with E-state index in [9.17, 15) is 5.11 Å². The molecular formula is C25H30N4O3. The fraction of sp³-hybridized carbons (Fsp3) is 0.360. The number of nitrogen functional groups attached to an aromatic ring is 1. The second-order valence-corrected chi connectivity index (χ2v) is 8.31. The van der Waals surface area contributed by atoms with E-state index in [-0.39, 0.29) is 6.61 Å². The van der Waals surface area contributed by atoms with Gasteiger partial charge in [0.1, 0.15) is 30.3 Å². The van der Waals surface area contributed by atoms with Crippen LogP contribution in [-0.2, 0) is 31.1 Å². The fourth-order valence-corrected chi connectivity index (χ4v) is 3.88. The Morgan fingerprint density at radius 3 is 2.62 bits per heavy atom. The van der Waals surface area contributed by atoms with E-state index in [0.29, 0.717) is 37.1 Å². The summed E-state index contributed by atoms with van der Waals surface area (Å²) in [5.41, 5.74) is 10.6. The van der Waals surface area contributed by atoms with Crippen molar-refractivity contribution in [3.05, 3.63) is 59.4 Å². The zero-order chi connectivity index (χ0) is 22.7. The van der Waals surface area contributed by atoms with Crippen molar-refractivity contribution in [1.29, 1.82) is 0 Å². The van der Waals surface area contributed by atoms with Gasteiger partial charge in [-0.3, -0.25) is 0 Å². The second kappa shape index (κ2) is 9.54. The molecule has 4 rings (SSSR count). The first kappa shape index (κ1) is 22.0. The zero-order valence-corrected chi connectivity index (χ0v) is 18.8. The summed E-state index contributed by atoms with van der Waals surface area (Å²) in [6.45, 7) is 8.60. The first-order valence-corrected chi connectivity index (χ1v) is 11.0.